The predicted molar refractivity (Wildman–Crippen MR) is 99.2 cm³/mol. The first kappa shape index (κ1) is 17.5. The number of nitrogens with zero attached hydrogens (tertiary/aromatic N) is 2. The maximum atomic E-state index is 12.3. The minimum Gasteiger partial charge on any atom is -0.296 e. The van der Waals surface area contributed by atoms with Crippen LogP contribution >= 0.6 is 34.8 Å². The number of fused-ring (bicyclic) bond motifs is 1. The van der Waals surface area contributed by atoms with Crippen LogP contribution in [-0.2, 0) is 11.3 Å². The molecule has 25 heavy (non-hydrogen) atoms. The van der Waals surface area contributed by atoms with Gasteiger partial charge in [0.15, 0.2) is 0 Å². The van der Waals surface area contributed by atoms with Gasteiger partial charge in [0.1, 0.15) is 6.54 Å². The van der Waals surface area contributed by atoms with Gasteiger partial charge in [-0.25, -0.2) is 4.68 Å². The zero-order valence-corrected chi connectivity index (χ0v) is 14.9. The summed E-state index contributed by atoms with van der Waals surface area (Å²) < 4.78 is 1.07. The van der Waals surface area contributed by atoms with Crippen LogP contribution in [0.15, 0.2) is 47.4 Å². The Kier molecular flexibility index (Phi) is 5.13. The second kappa shape index (κ2) is 7.31. The summed E-state index contributed by atoms with van der Waals surface area (Å²) >= 11 is 17.9. The number of anilines is 1. The number of hydrazine groups is 1. The van der Waals surface area contributed by atoms with E-state index in [0.717, 1.165) is 4.68 Å². The van der Waals surface area contributed by atoms with Crippen molar-refractivity contribution in [2.75, 3.05) is 5.43 Å². The molecule has 0 aliphatic heterocycles. The molecule has 0 bridgehead atoms. The SMILES string of the molecule is O=C(Cn1ncc2ccccc2c1=O)NNc1c(Cl)cc(Cl)cc1Cl. The van der Waals surface area contributed by atoms with Crippen molar-refractivity contribution in [1.82, 2.24) is 15.2 Å². The van der Waals surface area contributed by atoms with Gasteiger partial charge in [-0.1, -0.05) is 53.0 Å². The van der Waals surface area contributed by atoms with E-state index < -0.39 is 5.91 Å². The van der Waals surface area contributed by atoms with E-state index in [-0.39, 0.29) is 22.1 Å². The molecule has 128 valence electrons. The van der Waals surface area contributed by atoms with Gasteiger partial charge in [0.25, 0.3) is 11.5 Å². The number of nitrogens with one attached hydrogen (secondary N) is 2. The fourth-order valence-corrected chi connectivity index (χ4v) is 3.12. The molecular formula is C16H11Cl3N4O2. The highest BCUT2D eigenvalue weighted by atomic mass is 35.5. The van der Waals surface area contributed by atoms with E-state index in [4.69, 9.17) is 34.8 Å². The minimum absolute atomic E-state index is 0.249. The zero-order valence-electron chi connectivity index (χ0n) is 12.6. The molecule has 0 fully saturated rings. The van der Waals surface area contributed by atoms with Crippen molar-refractivity contribution in [2.24, 2.45) is 0 Å². The quantitative estimate of drug-likeness (QED) is 0.661. The van der Waals surface area contributed by atoms with Crippen LogP contribution in [0, 0.1) is 0 Å². The molecular weight excluding hydrogens is 387 g/mol. The van der Waals surface area contributed by atoms with Gasteiger partial charge in [-0.3, -0.25) is 20.4 Å². The highest BCUT2D eigenvalue weighted by Crippen LogP contribution is 2.32. The molecule has 1 aromatic heterocycles. The van der Waals surface area contributed by atoms with E-state index in [1.807, 2.05) is 6.07 Å². The van der Waals surface area contributed by atoms with E-state index in [2.05, 4.69) is 16.0 Å². The normalized spacial score (nSPS) is 10.7. The second-order valence-corrected chi connectivity index (χ2v) is 6.36. The highest BCUT2D eigenvalue weighted by molar-refractivity contribution is 6.41. The molecule has 0 aliphatic carbocycles. The van der Waals surface area contributed by atoms with Crippen molar-refractivity contribution in [3.05, 3.63) is 68.0 Å². The van der Waals surface area contributed by atoms with Gasteiger partial charge in [0.05, 0.1) is 27.3 Å². The summed E-state index contributed by atoms with van der Waals surface area (Å²) in [7, 11) is 0. The van der Waals surface area contributed by atoms with E-state index in [1.165, 1.54) is 18.3 Å². The number of aromatic nitrogens is 2. The van der Waals surface area contributed by atoms with E-state index in [9.17, 15) is 9.59 Å². The topological polar surface area (TPSA) is 76.0 Å². The van der Waals surface area contributed by atoms with Crippen LogP contribution in [0.2, 0.25) is 15.1 Å². The molecule has 0 spiro atoms. The van der Waals surface area contributed by atoms with Crippen molar-refractivity contribution in [3.8, 4) is 0 Å². The summed E-state index contributed by atoms with van der Waals surface area (Å²) in [4.78, 5) is 24.4. The van der Waals surface area contributed by atoms with Crippen molar-refractivity contribution in [3.63, 3.8) is 0 Å². The van der Waals surface area contributed by atoms with Crippen LogP contribution in [0.1, 0.15) is 0 Å². The molecule has 2 N–H and O–H groups in total. The fourth-order valence-electron chi connectivity index (χ4n) is 2.21. The Balaban J connectivity index is 1.74. The maximum Gasteiger partial charge on any atom is 0.275 e. The molecule has 3 rings (SSSR count). The number of hydrogen-bond acceptors (Lipinski definition) is 4. The van der Waals surface area contributed by atoms with Crippen LogP contribution in [0.4, 0.5) is 5.69 Å². The number of amides is 1. The molecule has 0 atom stereocenters. The number of halogens is 3. The molecule has 0 aliphatic rings. The Labute approximate surface area is 157 Å². The first-order valence-electron chi connectivity index (χ1n) is 7.10. The molecule has 0 saturated heterocycles. The molecule has 0 saturated carbocycles. The molecule has 9 heteroatoms. The summed E-state index contributed by atoms with van der Waals surface area (Å²) in [5.74, 6) is -0.494. The van der Waals surface area contributed by atoms with Crippen molar-refractivity contribution in [2.45, 2.75) is 6.54 Å². The Morgan fingerprint density at radius 3 is 2.52 bits per heavy atom. The summed E-state index contributed by atoms with van der Waals surface area (Å²) in [6, 6.07) is 9.99. The van der Waals surface area contributed by atoms with Crippen molar-refractivity contribution < 1.29 is 4.79 Å². The summed E-state index contributed by atoms with van der Waals surface area (Å²) in [6.07, 6.45) is 1.53. The van der Waals surface area contributed by atoms with Crippen LogP contribution in [-0.4, -0.2) is 15.7 Å². The standard InChI is InChI=1S/C16H11Cl3N4O2/c17-10-5-12(18)15(13(19)6-10)22-21-14(24)8-23-16(25)11-4-2-1-3-9(11)7-20-23/h1-7,22H,8H2,(H,21,24). The zero-order chi connectivity index (χ0) is 18.0. The van der Waals surface area contributed by atoms with E-state index in [1.54, 1.807) is 18.2 Å². The largest absolute Gasteiger partial charge is 0.296 e. The first-order valence-corrected chi connectivity index (χ1v) is 8.23. The molecule has 2 aromatic carbocycles. The van der Waals surface area contributed by atoms with Crippen LogP contribution in [0.5, 0.6) is 0 Å². The Morgan fingerprint density at radius 2 is 1.80 bits per heavy atom. The number of carbonyl (C=O) groups excluding carboxylic acids is 1. The minimum atomic E-state index is -0.494. The lowest BCUT2D eigenvalue weighted by molar-refractivity contribution is -0.121. The Bertz CT molecular complexity index is 997. The fraction of sp³-hybridized carbons (Fsp3) is 0.0625. The highest BCUT2D eigenvalue weighted by Gasteiger charge is 2.11. The number of rotatable bonds is 4. The number of hydrogen-bond donors (Lipinski definition) is 2. The maximum absolute atomic E-state index is 12.3. The Hall–Kier alpha value is -2.28. The van der Waals surface area contributed by atoms with Crippen molar-refractivity contribution in [1.29, 1.82) is 0 Å². The van der Waals surface area contributed by atoms with Crippen molar-refractivity contribution >= 4 is 57.2 Å². The van der Waals surface area contributed by atoms with E-state index in [0.29, 0.717) is 21.5 Å². The van der Waals surface area contributed by atoms with Crippen LogP contribution in [0.25, 0.3) is 10.8 Å². The molecule has 0 radical (unpaired) electrons. The van der Waals surface area contributed by atoms with Gasteiger partial charge in [-0.15, -0.1) is 0 Å². The molecule has 6 nitrogen and oxygen atoms in total. The first-order chi connectivity index (χ1) is 12.0. The molecule has 3 aromatic rings. The van der Waals surface area contributed by atoms with Crippen LogP contribution in [0.3, 0.4) is 0 Å². The lowest BCUT2D eigenvalue weighted by Gasteiger charge is -2.12. The summed E-state index contributed by atoms with van der Waals surface area (Å²) in [5, 5.41) is 6.06. The van der Waals surface area contributed by atoms with Gasteiger partial charge < -0.3 is 0 Å². The summed E-state index contributed by atoms with van der Waals surface area (Å²) in [6.45, 7) is -0.264. The summed E-state index contributed by atoms with van der Waals surface area (Å²) in [5.41, 5.74) is 5.00. The number of benzene rings is 2. The molecule has 0 unspecified atom stereocenters. The molecule has 1 heterocycles. The average molecular weight is 398 g/mol. The Morgan fingerprint density at radius 1 is 1.12 bits per heavy atom. The van der Waals surface area contributed by atoms with Gasteiger partial charge in [-0.2, -0.15) is 5.10 Å². The monoisotopic (exact) mass is 396 g/mol. The van der Waals surface area contributed by atoms with Gasteiger partial charge in [0, 0.05) is 10.4 Å². The third-order valence-corrected chi connectivity index (χ3v) is 4.20. The van der Waals surface area contributed by atoms with Gasteiger partial charge >= 0.3 is 0 Å². The van der Waals surface area contributed by atoms with Gasteiger partial charge in [0.2, 0.25) is 0 Å². The predicted octanol–water partition coefficient (Wildman–Crippen LogP) is 3.50. The van der Waals surface area contributed by atoms with Crippen LogP contribution < -0.4 is 16.4 Å². The smallest absolute Gasteiger partial charge is 0.275 e. The lowest BCUT2D eigenvalue weighted by atomic mass is 10.2. The third-order valence-electron chi connectivity index (χ3n) is 3.39. The van der Waals surface area contributed by atoms with Gasteiger partial charge in [-0.05, 0) is 18.2 Å². The molecule has 1 amide bonds. The average Bonchev–Trinajstić information content (AvgIpc) is 2.56. The third kappa shape index (κ3) is 3.87. The van der Waals surface area contributed by atoms with E-state index >= 15 is 0 Å². The second-order valence-electron chi connectivity index (χ2n) is 5.11. The number of carbonyl (C=O) groups is 1. The lowest BCUT2D eigenvalue weighted by Crippen LogP contribution is -2.36.